The number of H-pyrrole nitrogens is 1. The summed E-state index contributed by atoms with van der Waals surface area (Å²) in [6, 6.07) is 19.2. The van der Waals surface area contributed by atoms with Crippen molar-refractivity contribution in [3.8, 4) is 22.5 Å². The van der Waals surface area contributed by atoms with E-state index in [0.717, 1.165) is 52.8 Å². The first-order valence-electron chi connectivity index (χ1n) is 12.9. The largest absolute Gasteiger partial charge is 0.392 e. The van der Waals surface area contributed by atoms with Gasteiger partial charge >= 0.3 is 0 Å². The predicted octanol–water partition coefficient (Wildman–Crippen LogP) is 8.16. The second kappa shape index (κ2) is 11.3. The zero-order valence-corrected chi connectivity index (χ0v) is 21.7. The molecule has 37 heavy (non-hydrogen) atoms. The van der Waals surface area contributed by atoms with E-state index in [9.17, 15) is 9.90 Å². The van der Waals surface area contributed by atoms with Gasteiger partial charge in [0, 0.05) is 22.6 Å². The summed E-state index contributed by atoms with van der Waals surface area (Å²) in [6.07, 6.45) is 12.1. The number of carbonyl (C=O) groups excluding carboxylic acids is 1. The van der Waals surface area contributed by atoms with Gasteiger partial charge in [0.2, 0.25) is 0 Å². The van der Waals surface area contributed by atoms with Gasteiger partial charge in [-0.15, -0.1) is 0 Å². The van der Waals surface area contributed by atoms with Crippen molar-refractivity contribution in [2.45, 2.75) is 39.2 Å². The van der Waals surface area contributed by atoms with Crippen molar-refractivity contribution in [1.82, 2.24) is 9.97 Å². The normalized spacial score (nSPS) is 15.8. The van der Waals surface area contributed by atoms with Gasteiger partial charge in [-0.3, -0.25) is 4.79 Å². The summed E-state index contributed by atoms with van der Waals surface area (Å²) >= 11 is 6.41. The van der Waals surface area contributed by atoms with Crippen molar-refractivity contribution in [2.24, 2.45) is 11.8 Å². The van der Waals surface area contributed by atoms with Crippen molar-refractivity contribution < 1.29 is 9.90 Å². The molecular weight excluding hydrogens is 480 g/mol. The molecule has 0 fully saturated rings. The van der Waals surface area contributed by atoms with E-state index in [1.54, 1.807) is 0 Å². The maximum absolute atomic E-state index is 13.4. The number of aliphatic hydroxyl groups excluding tert-OH is 1. The first-order valence-corrected chi connectivity index (χ1v) is 13.3. The van der Waals surface area contributed by atoms with Gasteiger partial charge in [-0.25, -0.2) is 4.98 Å². The fraction of sp³-hybridized carbons (Fsp3) is 0.250. The molecule has 1 unspecified atom stereocenters. The molecule has 2 N–H and O–H groups in total. The molecule has 0 saturated carbocycles. The van der Waals surface area contributed by atoms with Crippen LogP contribution < -0.4 is 0 Å². The maximum Gasteiger partial charge on any atom is 0.163 e. The minimum atomic E-state index is -0.183. The molecule has 3 aromatic carbocycles. The van der Waals surface area contributed by atoms with E-state index < -0.39 is 0 Å². The number of Topliss-reactive ketones (excluding diaryl/α,β-unsaturated/α-hetero) is 1. The lowest BCUT2D eigenvalue weighted by molar-refractivity contribution is 0.0946. The number of hydrogen-bond acceptors (Lipinski definition) is 3. The minimum absolute atomic E-state index is 0.117. The van der Waals surface area contributed by atoms with E-state index in [4.69, 9.17) is 16.6 Å². The van der Waals surface area contributed by atoms with E-state index in [2.05, 4.69) is 36.2 Å². The lowest BCUT2D eigenvalue weighted by Gasteiger charge is -2.24. The van der Waals surface area contributed by atoms with Gasteiger partial charge < -0.3 is 10.1 Å². The van der Waals surface area contributed by atoms with Crippen LogP contribution in [0.2, 0.25) is 5.02 Å². The second-order valence-corrected chi connectivity index (χ2v) is 10.1. The molecule has 4 aromatic rings. The zero-order valence-electron chi connectivity index (χ0n) is 21.0. The van der Waals surface area contributed by atoms with Crippen LogP contribution in [-0.4, -0.2) is 20.9 Å². The van der Waals surface area contributed by atoms with Crippen LogP contribution in [0.1, 0.15) is 48.5 Å². The van der Waals surface area contributed by atoms with Crippen molar-refractivity contribution in [2.75, 3.05) is 0 Å². The molecule has 1 aliphatic rings. The van der Waals surface area contributed by atoms with Gasteiger partial charge in [0.1, 0.15) is 5.82 Å². The standard InChI is InChI=1S/C32H31ClN2O2/c1-2-8-22(21-9-4-3-5-10-21)18-31(37)23-13-15-26(24(17-23)20-36)28-19-25(33)14-16-27(28)32-34-29-11-6-7-12-30(29)35-32/h3-7,9,11-17,19,21-22,36H,2,8,10,18,20H2,1H3,(H,34,35)/t21?,22-/m0/s1. The van der Waals surface area contributed by atoms with Gasteiger partial charge in [0.05, 0.1) is 17.6 Å². The number of benzene rings is 3. The van der Waals surface area contributed by atoms with Gasteiger partial charge in [-0.1, -0.05) is 73.5 Å². The molecule has 1 aliphatic carbocycles. The maximum atomic E-state index is 13.4. The summed E-state index contributed by atoms with van der Waals surface area (Å²) < 4.78 is 0. The average Bonchev–Trinajstić information content (AvgIpc) is 3.37. The average molecular weight is 511 g/mol. The zero-order chi connectivity index (χ0) is 25.8. The molecule has 2 atom stereocenters. The number of aromatic nitrogens is 2. The fourth-order valence-corrected chi connectivity index (χ4v) is 5.50. The third kappa shape index (κ3) is 5.46. The lowest BCUT2D eigenvalue weighted by Crippen LogP contribution is -2.18. The Labute approximate surface area is 222 Å². The summed E-state index contributed by atoms with van der Waals surface area (Å²) in [5.41, 5.74) is 5.74. The van der Waals surface area contributed by atoms with Crippen LogP contribution in [0.3, 0.4) is 0 Å². The number of nitrogens with zero attached hydrogens (tertiary/aromatic N) is 1. The summed E-state index contributed by atoms with van der Waals surface area (Å²) in [5, 5.41) is 10.9. The first kappa shape index (κ1) is 25.2. The van der Waals surface area contributed by atoms with Gasteiger partial charge in [0.25, 0.3) is 0 Å². The van der Waals surface area contributed by atoms with Crippen LogP contribution in [-0.2, 0) is 6.61 Å². The van der Waals surface area contributed by atoms with Crippen LogP contribution in [0.25, 0.3) is 33.5 Å². The molecule has 188 valence electrons. The Morgan fingerprint density at radius 1 is 1.08 bits per heavy atom. The van der Waals surface area contributed by atoms with Crippen LogP contribution >= 0.6 is 11.6 Å². The molecule has 0 amide bonds. The van der Waals surface area contributed by atoms with E-state index in [1.165, 1.54) is 0 Å². The highest BCUT2D eigenvalue weighted by atomic mass is 35.5. The van der Waals surface area contributed by atoms with Crippen molar-refractivity contribution in [1.29, 1.82) is 0 Å². The number of allylic oxidation sites excluding steroid dienone is 4. The number of halogens is 1. The monoisotopic (exact) mass is 510 g/mol. The Hall–Kier alpha value is -3.47. The first-order chi connectivity index (χ1) is 18.1. The summed E-state index contributed by atoms with van der Waals surface area (Å²) in [4.78, 5) is 21.5. The number of fused-ring (bicyclic) bond motifs is 1. The number of aromatic amines is 1. The molecule has 0 radical (unpaired) electrons. The van der Waals surface area contributed by atoms with Gasteiger partial charge in [-0.2, -0.15) is 0 Å². The molecule has 0 aliphatic heterocycles. The number of carbonyl (C=O) groups is 1. The summed E-state index contributed by atoms with van der Waals surface area (Å²) in [6.45, 7) is 1.99. The quantitative estimate of drug-likeness (QED) is 0.223. The van der Waals surface area contributed by atoms with Crippen LogP contribution in [0.5, 0.6) is 0 Å². The van der Waals surface area contributed by atoms with Crippen LogP contribution in [0.4, 0.5) is 0 Å². The number of hydrogen-bond donors (Lipinski definition) is 2. The topological polar surface area (TPSA) is 66.0 Å². The molecule has 5 heteroatoms. The van der Waals surface area contributed by atoms with Crippen LogP contribution in [0.15, 0.2) is 85.0 Å². The van der Waals surface area contributed by atoms with Crippen LogP contribution in [0, 0.1) is 11.8 Å². The van der Waals surface area contributed by atoms with E-state index >= 15 is 0 Å². The second-order valence-electron chi connectivity index (χ2n) is 9.71. The number of aliphatic hydroxyl groups is 1. The van der Waals surface area contributed by atoms with Crippen molar-refractivity contribution in [3.05, 3.63) is 101 Å². The highest BCUT2D eigenvalue weighted by Crippen LogP contribution is 2.37. The van der Waals surface area contributed by atoms with E-state index in [1.807, 2.05) is 60.7 Å². The summed E-state index contributed by atoms with van der Waals surface area (Å²) in [7, 11) is 0. The highest BCUT2D eigenvalue weighted by Gasteiger charge is 2.23. The molecule has 0 saturated heterocycles. The van der Waals surface area contributed by atoms with E-state index in [0.29, 0.717) is 34.4 Å². The van der Waals surface area contributed by atoms with Crippen molar-refractivity contribution in [3.63, 3.8) is 0 Å². The third-order valence-corrected chi connectivity index (χ3v) is 7.48. The molecule has 1 heterocycles. The number of ketones is 1. The summed E-state index contributed by atoms with van der Waals surface area (Å²) in [5.74, 6) is 1.55. The van der Waals surface area contributed by atoms with Gasteiger partial charge in [0.15, 0.2) is 5.78 Å². The SMILES string of the molecule is CCC[C@@H](CC(=O)c1ccc(-c2cc(Cl)ccc2-c2nc3ccccc3[nH]2)c(CO)c1)C1C=CC=CC1. The number of nitrogens with one attached hydrogen (secondary N) is 1. The Morgan fingerprint density at radius 2 is 1.92 bits per heavy atom. The van der Waals surface area contributed by atoms with Crippen molar-refractivity contribution >= 4 is 28.4 Å². The lowest BCUT2D eigenvalue weighted by atomic mass is 9.80. The molecule has 1 aromatic heterocycles. The highest BCUT2D eigenvalue weighted by molar-refractivity contribution is 6.31. The Morgan fingerprint density at radius 3 is 2.68 bits per heavy atom. The van der Waals surface area contributed by atoms with Gasteiger partial charge in [-0.05, 0) is 77.8 Å². The molecule has 0 spiro atoms. The number of imidazole rings is 1. The molecular formula is C32H31ClN2O2. The molecule has 4 nitrogen and oxygen atoms in total. The smallest absolute Gasteiger partial charge is 0.163 e. The van der Waals surface area contributed by atoms with E-state index in [-0.39, 0.29) is 12.4 Å². The fourth-order valence-electron chi connectivity index (χ4n) is 5.33. The minimum Gasteiger partial charge on any atom is -0.392 e. The Balaban J connectivity index is 1.48. The number of para-hydroxylation sites is 2. The third-order valence-electron chi connectivity index (χ3n) is 7.24. The Bertz CT molecular complexity index is 1450. The predicted molar refractivity (Wildman–Crippen MR) is 152 cm³/mol. The molecule has 0 bridgehead atoms. The molecule has 5 rings (SSSR count). The Kier molecular flexibility index (Phi) is 7.68. The number of rotatable bonds is 9.